The molecule has 1 heterocycles. The Morgan fingerprint density at radius 3 is 1.77 bits per heavy atom. The molecule has 302 valence electrons. The van der Waals surface area contributed by atoms with Crippen molar-refractivity contribution in [2.75, 3.05) is 13.2 Å². The normalized spacial score (nSPS) is 13.6. The van der Waals surface area contributed by atoms with E-state index in [2.05, 4.69) is 31.6 Å². The standard InChI is InChI=1S/C41H48ClN7O8/c1-25(51)45-33(21-27-11-14-29-8-2-3-9-30(29)19-27)37(52)47-34(20-26-12-15-31(42)16-13-26)38(53)48-35(22-28-7-6-18-44-23-28)39(54)49-36(24-50)40(55)46-32(41(56)57)10-4-5-17-43/h2-3,6-9,11-16,18-19,23,32-36,50H,4-5,10,17,20-22,24,43H2,1H3,(H,45,51)(H,46,55)(H,47,52)(H,48,53)(H,49,54)(H,56,57)/t32-,33+,34+,35+,36-/m0/s1. The molecule has 57 heavy (non-hydrogen) atoms. The highest BCUT2D eigenvalue weighted by Crippen LogP contribution is 2.18. The number of aromatic nitrogens is 1. The number of halogens is 1. The molecule has 0 saturated heterocycles. The summed E-state index contributed by atoms with van der Waals surface area (Å²) in [7, 11) is 0. The lowest BCUT2D eigenvalue weighted by Crippen LogP contribution is -2.60. The van der Waals surface area contributed by atoms with Crippen LogP contribution >= 0.6 is 11.6 Å². The van der Waals surface area contributed by atoms with Gasteiger partial charge in [-0.25, -0.2) is 4.79 Å². The third kappa shape index (κ3) is 14.0. The molecule has 16 heteroatoms. The van der Waals surface area contributed by atoms with Crippen LogP contribution in [0.3, 0.4) is 0 Å². The van der Waals surface area contributed by atoms with Gasteiger partial charge in [-0.15, -0.1) is 0 Å². The predicted molar refractivity (Wildman–Crippen MR) is 214 cm³/mol. The number of hydrogen-bond acceptors (Lipinski definition) is 9. The van der Waals surface area contributed by atoms with E-state index < -0.39 is 72.3 Å². The quantitative estimate of drug-likeness (QED) is 0.0566. The molecule has 0 aliphatic carbocycles. The monoisotopic (exact) mass is 801 g/mol. The van der Waals surface area contributed by atoms with Gasteiger partial charge in [0.05, 0.1) is 6.61 Å². The number of fused-ring (bicyclic) bond motifs is 1. The van der Waals surface area contributed by atoms with Crippen molar-refractivity contribution >= 4 is 57.9 Å². The van der Waals surface area contributed by atoms with Crippen molar-refractivity contribution in [3.8, 4) is 0 Å². The minimum atomic E-state index is -1.57. The fourth-order valence-corrected chi connectivity index (χ4v) is 6.24. The number of nitrogens with one attached hydrogen (secondary N) is 5. The first-order chi connectivity index (χ1) is 27.4. The Hall–Kier alpha value is -5.90. The third-order valence-corrected chi connectivity index (χ3v) is 9.36. The van der Waals surface area contributed by atoms with Gasteiger partial charge in [0.15, 0.2) is 0 Å². The van der Waals surface area contributed by atoms with Gasteiger partial charge in [-0.2, -0.15) is 0 Å². The smallest absolute Gasteiger partial charge is 0.326 e. The van der Waals surface area contributed by atoms with Crippen LogP contribution < -0.4 is 32.3 Å². The summed E-state index contributed by atoms with van der Waals surface area (Å²) in [5.41, 5.74) is 7.43. The molecule has 3 aromatic carbocycles. The van der Waals surface area contributed by atoms with Crippen molar-refractivity contribution in [3.63, 3.8) is 0 Å². The second-order valence-corrected chi connectivity index (χ2v) is 14.0. The predicted octanol–water partition coefficient (Wildman–Crippen LogP) is 1.57. The fourth-order valence-electron chi connectivity index (χ4n) is 6.12. The maximum atomic E-state index is 14.2. The number of rotatable bonds is 21. The largest absolute Gasteiger partial charge is 0.480 e. The molecule has 0 aliphatic rings. The first kappa shape index (κ1) is 43.8. The molecular weight excluding hydrogens is 754 g/mol. The summed E-state index contributed by atoms with van der Waals surface area (Å²) in [6.07, 6.45) is 4.00. The van der Waals surface area contributed by atoms with Gasteiger partial charge in [-0.1, -0.05) is 72.3 Å². The number of benzene rings is 3. The van der Waals surface area contributed by atoms with Crippen LogP contribution in [0.4, 0.5) is 0 Å². The minimum absolute atomic E-state index is 0.0405. The van der Waals surface area contributed by atoms with Crippen molar-refractivity contribution in [1.29, 1.82) is 0 Å². The Morgan fingerprint density at radius 2 is 1.19 bits per heavy atom. The molecule has 4 aromatic rings. The number of carbonyl (C=O) groups excluding carboxylic acids is 5. The summed E-state index contributed by atoms with van der Waals surface area (Å²) < 4.78 is 0. The molecule has 0 spiro atoms. The van der Waals surface area contributed by atoms with Crippen LogP contribution in [0.1, 0.15) is 42.9 Å². The number of aliphatic hydroxyl groups is 1. The minimum Gasteiger partial charge on any atom is -0.480 e. The summed E-state index contributed by atoms with van der Waals surface area (Å²) in [6, 6.07) is 16.7. The lowest BCUT2D eigenvalue weighted by atomic mass is 9.99. The second kappa shape index (κ2) is 22.0. The zero-order chi connectivity index (χ0) is 41.3. The van der Waals surface area contributed by atoms with E-state index in [0.717, 1.165) is 16.3 Å². The van der Waals surface area contributed by atoms with Gasteiger partial charge in [0.25, 0.3) is 0 Å². The molecule has 1 aromatic heterocycles. The number of amides is 5. The molecule has 15 nitrogen and oxygen atoms in total. The highest BCUT2D eigenvalue weighted by molar-refractivity contribution is 6.30. The number of hydrogen-bond donors (Lipinski definition) is 8. The lowest BCUT2D eigenvalue weighted by molar-refractivity contribution is -0.142. The molecule has 0 fully saturated rings. The van der Waals surface area contributed by atoms with Crippen LogP contribution in [-0.2, 0) is 48.0 Å². The molecule has 0 bridgehead atoms. The van der Waals surface area contributed by atoms with Crippen LogP contribution in [-0.4, -0.2) is 94.1 Å². The van der Waals surface area contributed by atoms with E-state index in [1.165, 1.54) is 19.3 Å². The summed E-state index contributed by atoms with van der Waals surface area (Å²) >= 11 is 6.11. The number of nitrogens with zero attached hydrogens (tertiary/aromatic N) is 1. The summed E-state index contributed by atoms with van der Waals surface area (Å²) in [4.78, 5) is 83.3. The first-order valence-electron chi connectivity index (χ1n) is 18.5. The van der Waals surface area contributed by atoms with E-state index >= 15 is 0 Å². The summed E-state index contributed by atoms with van der Waals surface area (Å²) in [5, 5.41) is 35.0. The number of carboxylic acids is 1. The summed E-state index contributed by atoms with van der Waals surface area (Å²) in [5.74, 6) is -5.00. The van der Waals surface area contributed by atoms with Gasteiger partial charge in [-0.05, 0) is 71.5 Å². The molecule has 0 radical (unpaired) electrons. The van der Waals surface area contributed by atoms with Crippen LogP contribution in [0.15, 0.2) is 91.3 Å². The Morgan fingerprint density at radius 1 is 0.649 bits per heavy atom. The van der Waals surface area contributed by atoms with Crippen molar-refractivity contribution in [3.05, 3.63) is 113 Å². The molecule has 4 rings (SSSR count). The van der Waals surface area contributed by atoms with E-state index in [1.807, 2.05) is 42.5 Å². The number of aliphatic carboxylic acids is 1. The Kier molecular flexibility index (Phi) is 16.9. The van der Waals surface area contributed by atoms with Crippen LogP contribution in [0, 0.1) is 0 Å². The van der Waals surface area contributed by atoms with E-state index in [1.54, 1.807) is 36.4 Å². The molecule has 0 unspecified atom stereocenters. The number of carboxylic acid groups (broad SMARTS) is 1. The van der Waals surface area contributed by atoms with Gasteiger partial charge in [-0.3, -0.25) is 29.0 Å². The molecule has 5 atom stereocenters. The van der Waals surface area contributed by atoms with Crippen LogP contribution in [0.5, 0.6) is 0 Å². The first-order valence-corrected chi connectivity index (χ1v) is 18.9. The average Bonchev–Trinajstić information content (AvgIpc) is 3.19. The van der Waals surface area contributed by atoms with Crippen molar-refractivity contribution in [2.45, 2.75) is 75.7 Å². The maximum absolute atomic E-state index is 14.2. The van der Waals surface area contributed by atoms with Crippen LogP contribution in [0.2, 0.25) is 5.02 Å². The van der Waals surface area contributed by atoms with Gasteiger partial charge in [0, 0.05) is 43.6 Å². The van der Waals surface area contributed by atoms with E-state index in [4.69, 9.17) is 17.3 Å². The van der Waals surface area contributed by atoms with Crippen molar-refractivity contribution in [1.82, 2.24) is 31.6 Å². The molecular formula is C41H48ClN7O8. The number of carbonyl (C=O) groups is 6. The maximum Gasteiger partial charge on any atom is 0.326 e. The molecule has 0 saturated carbocycles. The van der Waals surface area contributed by atoms with E-state index in [0.29, 0.717) is 35.5 Å². The third-order valence-electron chi connectivity index (χ3n) is 9.11. The van der Waals surface area contributed by atoms with Gasteiger partial charge < -0.3 is 42.5 Å². The van der Waals surface area contributed by atoms with Crippen molar-refractivity contribution in [2.24, 2.45) is 5.73 Å². The Balaban J connectivity index is 1.58. The topological polar surface area (TPSA) is 242 Å². The molecule has 5 amide bonds. The molecule has 0 aliphatic heterocycles. The van der Waals surface area contributed by atoms with Gasteiger partial charge in [0.2, 0.25) is 29.5 Å². The number of nitrogens with two attached hydrogens (primary N) is 1. The Labute approximate surface area is 335 Å². The Bertz CT molecular complexity index is 2000. The highest BCUT2D eigenvalue weighted by atomic mass is 35.5. The average molecular weight is 802 g/mol. The van der Waals surface area contributed by atoms with Crippen LogP contribution in [0.25, 0.3) is 10.8 Å². The number of pyridine rings is 1. The van der Waals surface area contributed by atoms with Crippen molar-refractivity contribution < 1.29 is 39.0 Å². The highest BCUT2D eigenvalue weighted by Gasteiger charge is 2.32. The van der Waals surface area contributed by atoms with E-state index in [-0.39, 0.29) is 25.7 Å². The van der Waals surface area contributed by atoms with E-state index in [9.17, 15) is 39.0 Å². The SMILES string of the molecule is CC(=O)N[C@H](Cc1ccc2ccccc2c1)C(=O)N[C@H](Cc1ccc(Cl)cc1)C(=O)N[C@H](Cc1cccnc1)C(=O)N[C@@H](CO)C(=O)N[C@@H](CCCCN)C(=O)O. The second-order valence-electron chi connectivity index (χ2n) is 13.6. The zero-order valence-electron chi connectivity index (χ0n) is 31.5. The van der Waals surface area contributed by atoms with Gasteiger partial charge in [0.1, 0.15) is 30.2 Å². The number of aliphatic hydroxyl groups excluding tert-OH is 1. The lowest BCUT2D eigenvalue weighted by Gasteiger charge is -2.27. The summed E-state index contributed by atoms with van der Waals surface area (Å²) in [6.45, 7) is 0.742. The molecule has 9 N–H and O–H groups in total. The fraction of sp³-hybridized carbons (Fsp3) is 0.341. The van der Waals surface area contributed by atoms with Gasteiger partial charge >= 0.3 is 5.97 Å². The zero-order valence-corrected chi connectivity index (χ0v) is 32.2. The number of unbranched alkanes of at least 4 members (excludes halogenated alkanes) is 1.